The van der Waals surface area contributed by atoms with Gasteiger partial charge in [-0.1, -0.05) is 65.7 Å². The fourth-order valence-corrected chi connectivity index (χ4v) is 3.64. The third kappa shape index (κ3) is 5.42. The van der Waals surface area contributed by atoms with Crippen LogP contribution in [0.1, 0.15) is 31.4 Å². The topological polar surface area (TPSA) is 62.7 Å². The Labute approximate surface area is 184 Å². The van der Waals surface area contributed by atoms with Gasteiger partial charge >= 0.3 is 0 Å². The molecule has 0 fully saturated rings. The number of carbonyl (C=O) groups excluding carboxylic acids is 1. The van der Waals surface area contributed by atoms with Crippen molar-refractivity contribution in [2.75, 3.05) is 6.54 Å². The number of hydrogen-bond donors (Lipinski definition) is 2. The normalized spacial score (nSPS) is 11.4. The van der Waals surface area contributed by atoms with Gasteiger partial charge in [0.2, 0.25) is 5.91 Å². The van der Waals surface area contributed by atoms with Crippen molar-refractivity contribution in [3.63, 3.8) is 0 Å². The van der Waals surface area contributed by atoms with Crippen LogP contribution in [0.3, 0.4) is 0 Å². The predicted octanol–water partition coefficient (Wildman–Crippen LogP) is 5.16. The van der Waals surface area contributed by atoms with E-state index in [0.29, 0.717) is 24.3 Å². The van der Waals surface area contributed by atoms with Crippen LogP contribution >= 0.6 is 28.1 Å². The molecule has 0 radical (unpaired) electrons. The van der Waals surface area contributed by atoms with E-state index in [1.165, 1.54) is 5.56 Å². The summed E-state index contributed by atoms with van der Waals surface area (Å²) in [5, 5.41) is 10.2. The number of hydrogen-bond acceptors (Lipinski definition) is 3. The summed E-state index contributed by atoms with van der Waals surface area (Å²) in [5.74, 6) is 0.746. The average Bonchev–Trinajstić information content (AvgIpc) is 3.05. The minimum absolute atomic E-state index is 0.00604. The molecular formula is C22H25BrN4OS. The summed E-state index contributed by atoms with van der Waals surface area (Å²) in [6.07, 6.45) is 0.336. The van der Waals surface area contributed by atoms with Crippen molar-refractivity contribution < 1.29 is 4.79 Å². The molecule has 0 spiro atoms. The smallest absolute Gasteiger partial charge is 0.221 e. The van der Waals surface area contributed by atoms with Gasteiger partial charge in [-0.05, 0) is 42.9 Å². The van der Waals surface area contributed by atoms with E-state index in [-0.39, 0.29) is 11.3 Å². The summed E-state index contributed by atoms with van der Waals surface area (Å²) in [7, 11) is 0. The van der Waals surface area contributed by atoms with E-state index in [1.807, 2.05) is 41.8 Å². The Morgan fingerprint density at radius 3 is 2.66 bits per heavy atom. The standard InChI is InChI=1S/C22H25BrN4OS/c1-15-5-4-6-16(13-15)20-25-26-21(29)27(20)12-11-19(28)24-14-22(2,3)17-7-9-18(23)10-8-17/h4-10,13H,11-12,14H2,1-3H3,(H,24,28)(H,26,29). The van der Waals surface area contributed by atoms with E-state index in [1.54, 1.807) is 0 Å². The van der Waals surface area contributed by atoms with Gasteiger partial charge in [-0.25, -0.2) is 0 Å². The number of nitrogens with one attached hydrogen (secondary N) is 2. The Balaban J connectivity index is 1.62. The van der Waals surface area contributed by atoms with Gasteiger partial charge in [-0.2, -0.15) is 5.10 Å². The molecule has 1 amide bonds. The van der Waals surface area contributed by atoms with Crippen molar-refractivity contribution in [3.05, 3.63) is 68.9 Å². The number of rotatable bonds is 7. The first-order chi connectivity index (χ1) is 13.8. The monoisotopic (exact) mass is 472 g/mol. The fraction of sp³-hybridized carbons (Fsp3) is 0.318. The van der Waals surface area contributed by atoms with Crippen LogP contribution in [0.5, 0.6) is 0 Å². The number of aromatic amines is 1. The molecule has 0 aliphatic rings. The summed E-state index contributed by atoms with van der Waals surface area (Å²) in [6, 6.07) is 16.3. The molecule has 3 aromatic rings. The number of nitrogens with zero attached hydrogens (tertiary/aromatic N) is 2. The number of aromatic nitrogens is 3. The van der Waals surface area contributed by atoms with Gasteiger partial charge in [0.15, 0.2) is 10.6 Å². The lowest BCUT2D eigenvalue weighted by Gasteiger charge is -2.25. The van der Waals surface area contributed by atoms with E-state index in [9.17, 15) is 4.79 Å². The third-order valence-corrected chi connectivity index (χ3v) is 5.79. The largest absolute Gasteiger partial charge is 0.355 e. The van der Waals surface area contributed by atoms with Gasteiger partial charge < -0.3 is 5.32 Å². The van der Waals surface area contributed by atoms with Crippen molar-refractivity contribution in [1.29, 1.82) is 0 Å². The van der Waals surface area contributed by atoms with Crippen LogP contribution in [0.15, 0.2) is 53.0 Å². The van der Waals surface area contributed by atoms with Crippen molar-refractivity contribution in [1.82, 2.24) is 20.1 Å². The van der Waals surface area contributed by atoms with Crippen LogP contribution in [-0.4, -0.2) is 27.2 Å². The van der Waals surface area contributed by atoms with Crippen molar-refractivity contribution in [3.8, 4) is 11.4 Å². The fourth-order valence-electron chi connectivity index (χ4n) is 3.15. The van der Waals surface area contributed by atoms with Crippen LogP contribution in [0.4, 0.5) is 0 Å². The first-order valence-electron chi connectivity index (χ1n) is 9.51. The lowest BCUT2D eigenvalue weighted by atomic mass is 9.84. The Kier molecular flexibility index (Phi) is 6.70. The highest BCUT2D eigenvalue weighted by Crippen LogP contribution is 2.24. The first kappa shape index (κ1) is 21.5. The summed E-state index contributed by atoms with van der Waals surface area (Å²) in [6.45, 7) is 7.32. The Hall–Kier alpha value is -2.25. The van der Waals surface area contributed by atoms with Crippen LogP contribution in [0, 0.1) is 11.7 Å². The highest BCUT2D eigenvalue weighted by molar-refractivity contribution is 9.10. The van der Waals surface area contributed by atoms with Crippen LogP contribution < -0.4 is 5.32 Å². The van der Waals surface area contributed by atoms with Crippen LogP contribution in [-0.2, 0) is 16.8 Å². The van der Waals surface area contributed by atoms with E-state index in [4.69, 9.17) is 12.2 Å². The molecule has 1 heterocycles. The zero-order valence-electron chi connectivity index (χ0n) is 16.8. The van der Waals surface area contributed by atoms with Crippen LogP contribution in [0.2, 0.25) is 0 Å². The lowest BCUT2D eigenvalue weighted by molar-refractivity contribution is -0.121. The summed E-state index contributed by atoms with van der Waals surface area (Å²) < 4.78 is 3.44. The highest BCUT2D eigenvalue weighted by atomic mass is 79.9. The second-order valence-corrected chi connectivity index (χ2v) is 9.09. The quantitative estimate of drug-likeness (QED) is 0.466. The highest BCUT2D eigenvalue weighted by Gasteiger charge is 2.21. The molecule has 7 heteroatoms. The van der Waals surface area contributed by atoms with Gasteiger partial charge in [-0.15, -0.1) is 0 Å². The molecule has 0 aliphatic heterocycles. The number of amides is 1. The lowest BCUT2D eigenvalue weighted by Crippen LogP contribution is -2.37. The zero-order valence-corrected chi connectivity index (χ0v) is 19.2. The molecule has 3 rings (SSSR count). The molecule has 0 bridgehead atoms. The summed E-state index contributed by atoms with van der Waals surface area (Å²) in [4.78, 5) is 12.5. The minimum Gasteiger partial charge on any atom is -0.355 e. The third-order valence-electron chi connectivity index (χ3n) is 4.95. The van der Waals surface area contributed by atoms with Crippen molar-refractivity contribution in [2.45, 2.75) is 39.2 Å². The van der Waals surface area contributed by atoms with E-state index in [2.05, 4.69) is 63.5 Å². The molecule has 29 heavy (non-hydrogen) atoms. The molecule has 5 nitrogen and oxygen atoms in total. The number of halogens is 1. The Bertz CT molecular complexity index is 1050. The van der Waals surface area contributed by atoms with Gasteiger partial charge in [0.05, 0.1) is 0 Å². The van der Waals surface area contributed by atoms with Crippen LogP contribution in [0.25, 0.3) is 11.4 Å². The maximum Gasteiger partial charge on any atom is 0.221 e. The molecule has 2 N–H and O–H groups in total. The minimum atomic E-state index is -0.158. The van der Waals surface area contributed by atoms with Gasteiger partial charge in [0, 0.05) is 35.0 Å². The SMILES string of the molecule is Cc1cccc(-c2n[nH]c(=S)n2CCC(=O)NCC(C)(C)c2ccc(Br)cc2)c1. The van der Waals surface area contributed by atoms with E-state index >= 15 is 0 Å². The van der Waals surface area contributed by atoms with Gasteiger partial charge in [-0.3, -0.25) is 14.5 Å². The molecule has 2 aromatic carbocycles. The van der Waals surface area contributed by atoms with E-state index in [0.717, 1.165) is 21.4 Å². The van der Waals surface area contributed by atoms with Gasteiger partial charge in [0.1, 0.15) is 0 Å². The number of carbonyl (C=O) groups is 1. The summed E-state index contributed by atoms with van der Waals surface area (Å²) >= 11 is 8.82. The summed E-state index contributed by atoms with van der Waals surface area (Å²) in [5.41, 5.74) is 3.15. The molecule has 0 unspecified atom stereocenters. The molecular weight excluding hydrogens is 448 g/mol. The van der Waals surface area contributed by atoms with Crippen molar-refractivity contribution in [2.24, 2.45) is 0 Å². The Morgan fingerprint density at radius 1 is 1.24 bits per heavy atom. The van der Waals surface area contributed by atoms with Gasteiger partial charge in [0.25, 0.3) is 0 Å². The second kappa shape index (κ2) is 9.05. The van der Waals surface area contributed by atoms with E-state index < -0.39 is 0 Å². The molecule has 152 valence electrons. The number of H-pyrrole nitrogens is 1. The van der Waals surface area contributed by atoms with Crippen molar-refractivity contribution >= 4 is 34.1 Å². The predicted molar refractivity (Wildman–Crippen MR) is 122 cm³/mol. The molecule has 0 saturated heterocycles. The maximum atomic E-state index is 12.5. The molecule has 0 atom stereocenters. The number of aryl methyl sites for hydroxylation is 1. The molecule has 0 saturated carbocycles. The average molecular weight is 473 g/mol. The molecule has 0 aliphatic carbocycles. The first-order valence-corrected chi connectivity index (χ1v) is 10.7. The maximum absolute atomic E-state index is 12.5. The zero-order chi connectivity index (χ0) is 21.0. The Morgan fingerprint density at radius 2 is 1.97 bits per heavy atom. The number of benzene rings is 2. The molecule has 1 aromatic heterocycles. The second-order valence-electron chi connectivity index (χ2n) is 7.79.